The topological polar surface area (TPSA) is 111 Å². The lowest BCUT2D eigenvalue weighted by Crippen LogP contribution is -2.17. The van der Waals surface area contributed by atoms with Crippen molar-refractivity contribution in [1.82, 2.24) is 19.7 Å². The molecule has 124 valence electrons. The number of rotatable bonds is 9. The van der Waals surface area contributed by atoms with E-state index in [0.717, 1.165) is 13.0 Å². The minimum Gasteiger partial charge on any atom is -0.369 e. The number of hydrogen-bond donors (Lipinski definition) is 3. The second-order valence-electron chi connectivity index (χ2n) is 5.33. The monoisotopic (exact) mass is 317 g/mol. The van der Waals surface area contributed by atoms with Gasteiger partial charge in [-0.1, -0.05) is 26.2 Å². The van der Waals surface area contributed by atoms with E-state index in [1.807, 2.05) is 0 Å². The van der Waals surface area contributed by atoms with Crippen molar-refractivity contribution in [3.8, 4) is 0 Å². The fraction of sp³-hybridized carbons (Fsp3) is 0.467. The molecule has 2 aromatic heterocycles. The number of carbonyl (C=O) groups is 1. The molecule has 8 nitrogen and oxygen atoms in total. The molecule has 0 spiro atoms. The van der Waals surface area contributed by atoms with Crippen molar-refractivity contribution >= 4 is 23.2 Å². The van der Waals surface area contributed by atoms with Crippen molar-refractivity contribution in [2.24, 2.45) is 12.8 Å². The summed E-state index contributed by atoms with van der Waals surface area (Å²) in [6, 6.07) is 0. The number of carbonyl (C=O) groups excluding carboxylic acids is 1. The molecule has 0 fully saturated rings. The molecular formula is C15H23N7O. The van der Waals surface area contributed by atoms with Gasteiger partial charge in [0.25, 0.3) is 5.91 Å². The van der Waals surface area contributed by atoms with Crippen molar-refractivity contribution in [2.75, 3.05) is 17.2 Å². The number of anilines is 3. The highest BCUT2D eigenvalue weighted by Gasteiger charge is 2.13. The Labute approximate surface area is 135 Å². The summed E-state index contributed by atoms with van der Waals surface area (Å²) in [5, 5.41) is 10.3. The molecule has 23 heavy (non-hydrogen) atoms. The van der Waals surface area contributed by atoms with Gasteiger partial charge in [0.1, 0.15) is 5.82 Å². The second-order valence-corrected chi connectivity index (χ2v) is 5.33. The summed E-state index contributed by atoms with van der Waals surface area (Å²) in [6.07, 6.45) is 9.60. The number of unbranched alkanes of at least 4 members (excludes halogenated alkanes) is 3. The van der Waals surface area contributed by atoms with Gasteiger partial charge in [-0.15, -0.1) is 0 Å². The van der Waals surface area contributed by atoms with Crippen LogP contribution in [0.2, 0.25) is 0 Å². The standard InChI is InChI=1S/C15H23N7O/c1-3-4-5-6-7-17-12-9-18-13(14(16)23)15(21-12)20-11-8-19-22(2)10-11/h8-10H,3-7H2,1-2H3,(H2,16,23)(H2,17,20,21). The lowest BCUT2D eigenvalue weighted by atomic mass is 10.2. The van der Waals surface area contributed by atoms with E-state index in [9.17, 15) is 4.79 Å². The van der Waals surface area contributed by atoms with E-state index >= 15 is 0 Å². The van der Waals surface area contributed by atoms with E-state index in [-0.39, 0.29) is 5.69 Å². The summed E-state index contributed by atoms with van der Waals surface area (Å²) in [6.45, 7) is 2.99. The van der Waals surface area contributed by atoms with Crippen molar-refractivity contribution in [3.05, 3.63) is 24.3 Å². The van der Waals surface area contributed by atoms with E-state index in [4.69, 9.17) is 5.73 Å². The van der Waals surface area contributed by atoms with Crippen molar-refractivity contribution in [1.29, 1.82) is 0 Å². The Hall–Kier alpha value is -2.64. The second kappa shape index (κ2) is 8.11. The van der Waals surface area contributed by atoms with Gasteiger partial charge in [0.05, 0.1) is 18.1 Å². The lowest BCUT2D eigenvalue weighted by Gasteiger charge is -2.10. The number of nitrogens with zero attached hydrogens (tertiary/aromatic N) is 4. The summed E-state index contributed by atoms with van der Waals surface area (Å²) in [5.74, 6) is 0.306. The third kappa shape index (κ3) is 4.94. The van der Waals surface area contributed by atoms with Crippen LogP contribution in [-0.2, 0) is 7.05 Å². The Morgan fingerprint density at radius 1 is 1.30 bits per heavy atom. The zero-order valence-corrected chi connectivity index (χ0v) is 13.5. The molecule has 2 heterocycles. The molecule has 0 saturated heterocycles. The molecule has 0 radical (unpaired) electrons. The molecule has 2 rings (SSSR count). The first-order valence-corrected chi connectivity index (χ1v) is 7.76. The Morgan fingerprint density at radius 3 is 2.78 bits per heavy atom. The fourth-order valence-electron chi connectivity index (χ4n) is 2.13. The number of primary amides is 1. The summed E-state index contributed by atoms with van der Waals surface area (Å²) < 4.78 is 1.65. The van der Waals surface area contributed by atoms with Crippen molar-refractivity contribution in [3.63, 3.8) is 0 Å². The van der Waals surface area contributed by atoms with Crippen LogP contribution in [0.1, 0.15) is 43.1 Å². The van der Waals surface area contributed by atoms with Gasteiger partial charge in [-0.05, 0) is 6.42 Å². The predicted octanol–water partition coefficient (Wildman–Crippen LogP) is 2.04. The van der Waals surface area contributed by atoms with Crippen LogP contribution in [-0.4, -0.2) is 32.2 Å². The molecule has 2 aromatic rings. The van der Waals surface area contributed by atoms with Gasteiger partial charge in [-0.2, -0.15) is 5.10 Å². The minimum atomic E-state index is -0.626. The van der Waals surface area contributed by atoms with Crippen LogP contribution in [0.25, 0.3) is 0 Å². The van der Waals surface area contributed by atoms with E-state index in [0.29, 0.717) is 17.3 Å². The molecule has 0 saturated carbocycles. The van der Waals surface area contributed by atoms with E-state index in [1.54, 1.807) is 24.1 Å². The Balaban J connectivity index is 2.07. The van der Waals surface area contributed by atoms with E-state index in [2.05, 4.69) is 32.6 Å². The van der Waals surface area contributed by atoms with E-state index in [1.165, 1.54) is 25.5 Å². The van der Waals surface area contributed by atoms with Crippen LogP contribution in [0.5, 0.6) is 0 Å². The summed E-state index contributed by atoms with van der Waals surface area (Å²) in [4.78, 5) is 20.0. The maximum atomic E-state index is 11.5. The number of nitrogens with one attached hydrogen (secondary N) is 2. The van der Waals surface area contributed by atoms with Gasteiger partial charge in [0.2, 0.25) is 0 Å². The zero-order chi connectivity index (χ0) is 16.7. The highest BCUT2D eigenvalue weighted by Crippen LogP contribution is 2.18. The average Bonchev–Trinajstić information content (AvgIpc) is 2.92. The van der Waals surface area contributed by atoms with Crippen molar-refractivity contribution < 1.29 is 4.79 Å². The molecule has 0 atom stereocenters. The van der Waals surface area contributed by atoms with E-state index < -0.39 is 5.91 Å². The van der Waals surface area contributed by atoms with Crippen molar-refractivity contribution in [2.45, 2.75) is 32.6 Å². The van der Waals surface area contributed by atoms with Crippen LogP contribution in [0.3, 0.4) is 0 Å². The number of hydrogen-bond acceptors (Lipinski definition) is 6. The zero-order valence-electron chi connectivity index (χ0n) is 13.5. The predicted molar refractivity (Wildman–Crippen MR) is 89.7 cm³/mol. The molecule has 0 bridgehead atoms. The van der Waals surface area contributed by atoms with Gasteiger partial charge in [0, 0.05) is 19.8 Å². The summed E-state index contributed by atoms with van der Waals surface area (Å²) >= 11 is 0. The Bertz CT molecular complexity index is 653. The van der Waals surface area contributed by atoms with Crippen LogP contribution >= 0.6 is 0 Å². The molecule has 0 aromatic carbocycles. The van der Waals surface area contributed by atoms with Crippen LogP contribution in [0, 0.1) is 0 Å². The highest BCUT2D eigenvalue weighted by molar-refractivity contribution is 5.96. The van der Waals surface area contributed by atoms with Crippen LogP contribution < -0.4 is 16.4 Å². The minimum absolute atomic E-state index is 0.102. The third-order valence-electron chi connectivity index (χ3n) is 3.31. The van der Waals surface area contributed by atoms with Gasteiger partial charge in [-0.3, -0.25) is 9.48 Å². The smallest absolute Gasteiger partial charge is 0.271 e. The Morgan fingerprint density at radius 2 is 2.13 bits per heavy atom. The third-order valence-corrected chi connectivity index (χ3v) is 3.31. The average molecular weight is 317 g/mol. The first-order valence-electron chi connectivity index (χ1n) is 7.76. The van der Waals surface area contributed by atoms with Gasteiger partial charge < -0.3 is 16.4 Å². The number of amides is 1. The molecule has 4 N–H and O–H groups in total. The summed E-state index contributed by atoms with van der Waals surface area (Å²) in [7, 11) is 1.81. The molecule has 8 heteroatoms. The first-order chi connectivity index (χ1) is 11.1. The van der Waals surface area contributed by atoms with Crippen LogP contribution in [0.4, 0.5) is 17.3 Å². The highest BCUT2D eigenvalue weighted by atomic mass is 16.1. The number of aromatic nitrogens is 4. The number of nitrogens with two attached hydrogens (primary N) is 1. The molecule has 1 amide bonds. The molecule has 0 aliphatic heterocycles. The maximum Gasteiger partial charge on any atom is 0.271 e. The Kier molecular flexibility index (Phi) is 5.90. The molecule has 0 aliphatic rings. The number of aryl methyl sites for hydroxylation is 1. The summed E-state index contributed by atoms with van der Waals surface area (Å²) in [5.41, 5.74) is 6.17. The lowest BCUT2D eigenvalue weighted by molar-refractivity contribution is 0.0996. The SMILES string of the molecule is CCCCCCNc1cnc(C(N)=O)c(Nc2cnn(C)c2)n1. The quantitative estimate of drug-likeness (QED) is 0.610. The maximum absolute atomic E-state index is 11.5. The van der Waals surface area contributed by atoms with Crippen LogP contribution in [0.15, 0.2) is 18.6 Å². The fourth-order valence-corrected chi connectivity index (χ4v) is 2.13. The molecule has 0 unspecified atom stereocenters. The largest absolute Gasteiger partial charge is 0.369 e. The first kappa shape index (κ1) is 16.7. The van der Waals surface area contributed by atoms with Gasteiger partial charge in [0.15, 0.2) is 11.5 Å². The molecule has 0 aliphatic carbocycles. The van der Waals surface area contributed by atoms with Gasteiger partial charge in [-0.25, -0.2) is 9.97 Å². The van der Waals surface area contributed by atoms with Gasteiger partial charge >= 0.3 is 0 Å². The molecular weight excluding hydrogens is 294 g/mol. The normalized spacial score (nSPS) is 10.5.